The first-order chi connectivity index (χ1) is 15.4. The van der Waals surface area contributed by atoms with Gasteiger partial charge in [0.1, 0.15) is 11.5 Å². The number of nitrogens with zero attached hydrogens (tertiary/aromatic N) is 1. The summed E-state index contributed by atoms with van der Waals surface area (Å²) in [6.45, 7) is 7.23. The van der Waals surface area contributed by atoms with Gasteiger partial charge in [0.2, 0.25) is 0 Å². The molecule has 0 unspecified atom stereocenters. The first kappa shape index (κ1) is 21.7. The van der Waals surface area contributed by atoms with Gasteiger partial charge in [0.25, 0.3) is 11.8 Å². The Morgan fingerprint density at radius 3 is 2.72 bits per heavy atom. The molecule has 0 spiro atoms. The minimum Gasteiger partial charge on any atom is -0.482 e. The Labute approximate surface area is 188 Å². The molecule has 32 heavy (non-hydrogen) atoms. The van der Waals surface area contributed by atoms with Crippen LogP contribution in [-0.4, -0.2) is 18.4 Å². The highest BCUT2D eigenvalue weighted by Crippen LogP contribution is 2.38. The molecule has 2 aromatic carbocycles. The van der Waals surface area contributed by atoms with Crippen molar-refractivity contribution in [3.63, 3.8) is 0 Å². The quantitative estimate of drug-likeness (QED) is 0.581. The fraction of sp³-hybridized carbons (Fsp3) is 0.308. The highest BCUT2D eigenvalue weighted by atomic mass is 16.5. The third kappa shape index (κ3) is 4.54. The van der Waals surface area contributed by atoms with Crippen LogP contribution in [0.25, 0.3) is 0 Å². The number of furan rings is 1. The van der Waals surface area contributed by atoms with Crippen molar-refractivity contribution in [2.75, 3.05) is 11.5 Å². The number of benzene rings is 2. The van der Waals surface area contributed by atoms with E-state index in [4.69, 9.17) is 9.15 Å². The maximum Gasteiger partial charge on any atom is 0.265 e. The van der Waals surface area contributed by atoms with Crippen LogP contribution in [0.1, 0.15) is 54.4 Å². The number of amides is 2. The topological polar surface area (TPSA) is 71.8 Å². The van der Waals surface area contributed by atoms with Gasteiger partial charge in [-0.2, -0.15) is 0 Å². The van der Waals surface area contributed by atoms with Crippen LogP contribution < -0.4 is 15.0 Å². The van der Waals surface area contributed by atoms with E-state index in [-0.39, 0.29) is 23.8 Å². The van der Waals surface area contributed by atoms with E-state index in [0.29, 0.717) is 30.2 Å². The van der Waals surface area contributed by atoms with E-state index in [1.54, 1.807) is 23.3 Å². The number of hydrogen-bond donors (Lipinski definition) is 1. The fourth-order valence-electron chi connectivity index (χ4n) is 3.68. The van der Waals surface area contributed by atoms with Crippen LogP contribution in [-0.2, 0) is 23.3 Å². The number of rotatable bonds is 7. The van der Waals surface area contributed by atoms with Gasteiger partial charge in [-0.3, -0.25) is 9.59 Å². The molecule has 1 aliphatic rings. The number of hydrogen-bond acceptors (Lipinski definition) is 4. The van der Waals surface area contributed by atoms with E-state index in [0.717, 1.165) is 23.2 Å². The van der Waals surface area contributed by atoms with Crippen molar-refractivity contribution in [3.8, 4) is 5.75 Å². The van der Waals surface area contributed by atoms with E-state index in [1.807, 2.05) is 30.3 Å². The smallest absolute Gasteiger partial charge is 0.265 e. The molecule has 0 aliphatic carbocycles. The summed E-state index contributed by atoms with van der Waals surface area (Å²) in [6.07, 6.45) is 2.56. The van der Waals surface area contributed by atoms with E-state index in [1.165, 1.54) is 0 Å². The van der Waals surface area contributed by atoms with Crippen molar-refractivity contribution in [2.45, 2.75) is 45.7 Å². The first-order valence-electron chi connectivity index (χ1n) is 10.8. The summed E-state index contributed by atoms with van der Waals surface area (Å²) in [5, 5.41) is 2.85. The number of fused-ring (bicyclic) bond motifs is 1. The molecule has 0 fully saturated rings. The van der Waals surface area contributed by atoms with Gasteiger partial charge in [-0.15, -0.1) is 0 Å². The molecule has 3 aromatic rings. The lowest BCUT2D eigenvalue weighted by atomic mass is 9.82. The van der Waals surface area contributed by atoms with Gasteiger partial charge in [0, 0.05) is 5.56 Å². The molecular weight excluding hydrogens is 404 g/mol. The molecule has 0 saturated carbocycles. The highest BCUT2D eigenvalue weighted by molar-refractivity contribution is 5.98. The predicted molar refractivity (Wildman–Crippen MR) is 123 cm³/mol. The summed E-state index contributed by atoms with van der Waals surface area (Å²) in [5.74, 6) is 1.10. The van der Waals surface area contributed by atoms with Gasteiger partial charge in [0.05, 0.1) is 25.0 Å². The molecule has 2 heterocycles. The van der Waals surface area contributed by atoms with Crippen LogP contribution in [0, 0.1) is 0 Å². The first-order valence-corrected chi connectivity index (χ1v) is 10.8. The molecule has 6 nitrogen and oxygen atoms in total. The Bertz CT molecular complexity index is 1120. The van der Waals surface area contributed by atoms with Crippen molar-refractivity contribution in [1.29, 1.82) is 0 Å². The molecule has 0 radical (unpaired) electrons. The average molecular weight is 433 g/mol. The Morgan fingerprint density at radius 2 is 1.97 bits per heavy atom. The Hall–Kier alpha value is -3.54. The third-order valence-corrected chi connectivity index (χ3v) is 6.10. The average Bonchev–Trinajstić information content (AvgIpc) is 3.33. The minimum atomic E-state index is -0.191. The Balaban J connectivity index is 1.55. The lowest BCUT2D eigenvalue weighted by Gasteiger charge is -2.32. The molecule has 0 bridgehead atoms. The molecule has 2 amide bonds. The Morgan fingerprint density at radius 1 is 1.12 bits per heavy atom. The summed E-state index contributed by atoms with van der Waals surface area (Å²) in [7, 11) is 0. The summed E-state index contributed by atoms with van der Waals surface area (Å²) >= 11 is 0. The zero-order valence-corrected chi connectivity index (χ0v) is 18.7. The summed E-state index contributed by atoms with van der Waals surface area (Å²) < 4.78 is 10.9. The Kier molecular flexibility index (Phi) is 6.04. The molecule has 1 N–H and O–H groups in total. The van der Waals surface area contributed by atoms with Crippen LogP contribution in [0.3, 0.4) is 0 Å². The molecule has 6 heteroatoms. The SMILES string of the molecule is CCC(C)(C)c1ccc2c(c1)N(Cc1cccc(C(=O)NCc3ccco3)c1)C(=O)CO2. The van der Waals surface area contributed by atoms with Crippen LogP contribution in [0.4, 0.5) is 5.69 Å². The normalized spacial score (nSPS) is 13.5. The van der Waals surface area contributed by atoms with Crippen LogP contribution >= 0.6 is 0 Å². The second kappa shape index (κ2) is 8.91. The maximum absolute atomic E-state index is 12.8. The lowest BCUT2D eigenvalue weighted by Crippen LogP contribution is -2.38. The van der Waals surface area contributed by atoms with Gasteiger partial charge < -0.3 is 19.4 Å². The van der Waals surface area contributed by atoms with E-state index >= 15 is 0 Å². The van der Waals surface area contributed by atoms with Crippen LogP contribution in [0.2, 0.25) is 0 Å². The van der Waals surface area contributed by atoms with Crippen molar-refractivity contribution >= 4 is 17.5 Å². The van der Waals surface area contributed by atoms with Crippen molar-refractivity contribution in [2.24, 2.45) is 0 Å². The molecule has 166 valence electrons. The van der Waals surface area contributed by atoms with Crippen LogP contribution in [0.15, 0.2) is 65.3 Å². The standard InChI is InChI=1S/C26H28N2O4/c1-4-26(2,3)20-10-11-23-22(14-20)28(24(29)17-32-23)16-18-7-5-8-19(13-18)25(30)27-15-21-9-6-12-31-21/h5-14H,4,15-17H2,1-3H3,(H,27,30). The van der Waals surface area contributed by atoms with E-state index < -0.39 is 0 Å². The largest absolute Gasteiger partial charge is 0.482 e. The van der Waals surface area contributed by atoms with Crippen molar-refractivity contribution in [1.82, 2.24) is 5.32 Å². The molecule has 1 aromatic heterocycles. The predicted octanol–water partition coefficient (Wildman–Crippen LogP) is 4.82. The number of carbonyl (C=O) groups is 2. The third-order valence-electron chi connectivity index (χ3n) is 6.10. The zero-order chi connectivity index (χ0) is 22.7. The van der Waals surface area contributed by atoms with Gasteiger partial charge in [-0.05, 0) is 59.4 Å². The molecule has 1 aliphatic heterocycles. The molecule has 0 saturated heterocycles. The van der Waals surface area contributed by atoms with E-state index in [9.17, 15) is 9.59 Å². The number of nitrogens with one attached hydrogen (secondary N) is 1. The van der Waals surface area contributed by atoms with E-state index in [2.05, 4.69) is 38.2 Å². The second-order valence-electron chi connectivity index (χ2n) is 8.65. The van der Waals surface area contributed by atoms with Gasteiger partial charge >= 0.3 is 0 Å². The highest BCUT2D eigenvalue weighted by Gasteiger charge is 2.28. The summed E-state index contributed by atoms with van der Waals surface area (Å²) in [5.41, 5.74) is 3.33. The molecular formula is C26H28N2O4. The molecule has 0 atom stereocenters. The number of anilines is 1. The number of carbonyl (C=O) groups excluding carboxylic acids is 2. The maximum atomic E-state index is 12.8. The molecule has 4 rings (SSSR count). The second-order valence-corrected chi connectivity index (χ2v) is 8.65. The minimum absolute atomic E-state index is 0.00675. The summed E-state index contributed by atoms with van der Waals surface area (Å²) in [6, 6.07) is 17.0. The zero-order valence-electron chi connectivity index (χ0n) is 18.7. The fourth-order valence-corrected chi connectivity index (χ4v) is 3.68. The lowest BCUT2D eigenvalue weighted by molar-refractivity contribution is -0.121. The number of ether oxygens (including phenoxy) is 1. The van der Waals surface area contributed by atoms with Gasteiger partial charge in [-0.1, -0.05) is 39.0 Å². The monoisotopic (exact) mass is 432 g/mol. The summed E-state index contributed by atoms with van der Waals surface area (Å²) in [4.78, 5) is 27.1. The van der Waals surface area contributed by atoms with Gasteiger partial charge in [0.15, 0.2) is 6.61 Å². The van der Waals surface area contributed by atoms with Crippen LogP contribution in [0.5, 0.6) is 5.75 Å². The van der Waals surface area contributed by atoms with Gasteiger partial charge in [-0.25, -0.2) is 0 Å². The van der Waals surface area contributed by atoms with Crippen molar-refractivity contribution in [3.05, 3.63) is 83.3 Å². The van der Waals surface area contributed by atoms with Crippen molar-refractivity contribution < 1.29 is 18.7 Å².